The van der Waals surface area contributed by atoms with Crippen LogP contribution < -0.4 is 15.4 Å². The Morgan fingerprint density at radius 3 is 2.16 bits per heavy atom. The van der Waals surface area contributed by atoms with Crippen LogP contribution in [0.4, 0.5) is 29.5 Å². The summed E-state index contributed by atoms with van der Waals surface area (Å²) >= 11 is 0. The molecule has 4 aromatic rings. The van der Waals surface area contributed by atoms with Gasteiger partial charge >= 0.3 is 12.4 Å². The van der Waals surface area contributed by atoms with E-state index in [2.05, 4.69) is 36.1 Å². The van der Waals surface area contributed by atoms with Crippen LogP contribution in [-0.4, -0.2) is 47.0 Å². The molecule has 2 N–H and O–H groups in total. The number of aryl methyl sites for hydroxylation is 1. The number of fused-ring (bicyclic) bond motifs is 2. The van der Waals surface area contributed by atoms with Crippen LogP contribution in [0.2, 0.25) is 0 Å². The van der Waals surface area contributed by atoms with Crippen molar-refractivity contribution in [1.29, 1.82) is 0 Å². The Hall–Kier alpha value is -4.36. The first kappa shape index (κ1) is 34.5. The summed E-state index contributed by atoms with van der Waals surface area (Å²) in [7, 11) is -4.21. The molecule has 1 aromatic heterocycles. The van der Waals surface area contributed by atoms with E-state index in [9.17, 15) is 26.4 Å². The molecular formula is C36H40F3N5O4S. The van der Waals surface area contributed by atoms with Crippen molar-refractivity contribution in [3.8, 4) is 11.4 Å². The fourth-order valence-electron chi connectivity index (χ4n) is 6.85. The van der Waals surface area contributed by atoms with Crippen molar-refractivity contribution in [2.45, 2.75) is 88.6 Å². The number of hydrogen-bond acceptors (Lipinski definition) is 5. The SMILES string of the molecule is Cc1ccc(-n2nc(C(C)(C)C)cc2NC(=O)Nc2ccc(CC3CC4CCC(C3)N4S(=O)(=O)c3ccccc3OC(F)(F)F)cc2)cc1. The molecule has 3 heterocycles. The summed E-state index contributed by atoms with van der Waals surface area (Å²) in [5, 5.41) is 10.6. The number of piperidine rings is 1. The predicted octanol–water partition coefficient (Wildman–Crippen LogP) is 8.20. The summed E-state index contributed by atoms with van der Waals surface area (Å²) in [5.41, 5.74) is 4.22. The van der Waals surface area contributed by atoms with E-state index in [4.69, 9.17) is 5.10 Å². The third-order valence-electron chi connectivity index (χ3n) is 9.13. The topological polar surface area (TPSA) is 106 Å². The van der Waals surface area contributed by atoms with E-state index in [0.29, 0.717) is 43.6 Å². The van der Waals surface area contributed by atoms with Gasteiger partial charge in [0.2, 0.25) is 10.0 Å². The molecule has 0 saturated carbocycles. The Kier molecular flexibility index (Phi) is 9.27. The van der Waals surface area contributed by atoms with Gasteiger partial charge in [0.05, 0.1) is 11.4 Å². The molecule has 0 radical (unpaired) electrons. The average Bonchev–Trinajstić information content (AvgIpc) is 3.57. The normalized spacial score (nSPS) is 19.9. The fraction of sp³-hybridized carbons (Fsp3) is 0.389. The zero-order chi connectivity index (χ0) is 35.1. The molecule has 49 heavy (non-hydrogen) atoms. The molecule has 2 saturated heterocycles. The molecule has 3 aromatic carbocycles. The second kappa shape index (κ2) is 13.2. The van der Waals surface area contributed by atoms with E-state index in [0.717, 1.165) is 28.6 Å². The highest BCUT2D eigenvalue weighted by atomic mass is 32.2. The number of sulfonamides is 1. The van der Waals surface area contributed by atoms with Crippen LogP contribution >= 0.6 is 0 Å². The van der Waals surface area contributed by atoms with Crippen LogP contribution in [0.15, 0.2) is 83.8 Å². The van der Waals surface area contributed by atoms with Gasteiger partial charge in [-0.05, 0) is 86.9 Å². The molecule has 0 spiro atoms. The predicted molar refractivity (Wildman–Crippen MR) is 181 cm³/mol. The molecule has 9 nitrogen and oxygen atoms in total. The number of urea groups is 1. The third kappa shape index (κ3) is 7.78. The summed E-state index contributed by atoms with van der Waals surface area (Å²) in [6, 6.07) is 21.2. The van der Waals surface area contributed by atoms with E-state index in [1.807, 2.05) is 61.5 Å². The average molecular weight is 696 g/mol. The van der Waals surface area contributed by atoms with Crippen molar-refractivity contribution in [3.05, 3.63) is 95.7 Å². The van der Waals surface area contributed by atoms with E-state index < -0.39 is 33.1 Å². The van der Waals surface area contributed by atoms with Gasteiger partial charge in [0.1, 0.15) is 16.5 Å². The molecule has 2 amide bonds. The van der Waals surface area contributed by atoms with Gasteiger partial charge in [-0.2, -0.15) is 9.40 Å². The summed E-state index contributed by atoms with van der Waals surface area (Å²) < 4.78 is 73.5. The highest BCUT2D eigenvalue weighted by molar-refractivity contribution is 7.89. The number of hydrogen-bond donors (Lipinski definition) is 2. The van der Waals surface area contributed by atoms with Gasteiger partial charge in [-0.25, -0.2) is 17.9 Å². The molecule has 13 heteroatoms. The summed E-state index contributed by atoms with van der Waals surface area (Å²) in [6.07, 6.45) is -1.78. The van der Waals surface area contributed by atoms with Gasteiger partial charge in [-0.15, -0.1) is 13.2 Å². The van der Waals surface area contributed by atoms with Gasteiger partial charge in [-0.1, -0.05) is 62.7 Å². The number of nitrogens with zero attached hydrogens (tertiary/aromatic N) is 3. The minimum Gasteiger partial charge on any atom is -0.404 e. The van der Waals surface area contributed by atoms with Crippen molar-refractivity contribution < 1.29 is 31.1 Å². The Morgan fingerprint density at radius 1 is 0.918 bits per heavy atom. The minimum atomic E-state index is -5.01. The quantitative estimate of drug-likeness (QED) is 0.193. The van der Waals surface area contributed by atoms with Crippen LogP contribution in [-0.2, 0) is 21.9 Å². The molecule has 2 aliphatic rings. The van der Waals surface area contributed by atoms with Crippen LogP contribution in [0, 0.1) is 12.8 Å². The molecule has 2 atom stereocenters. The highest BCUT2D eigenvalue weighted by Crippen LogP contribution is 2.44. The fourth-order valence-corrected chi connectivity index (χ4v) is 8.86. The number of anilines is 2. The van der Waals surface area contributed by atoms with Crippen molar-refractivity contribution in [2.75, 3.05) is 10.6 Å². The number of carbonyl (C=O) groups excluding carboxylic acids is 1. The van der Waals surface area contributed by atoms with Crippen LogP contribution in [0.25, 0.3) is 5.69 Å². The number of nitrogens with one attached hydrogen (secondary N) is 2. The Morgan fingerprint density at radius 2 is 1.55 bits per heavy atom. The van der Waals surface area contributed by atoms with Crippen LogP contribution in [0.5, 0.6) is 5.75 Å². The standard InChI is InChI=1S/C36H40F3N5O4S/c1-23-9-15-27(16-10-23)43-33(22-32(42-43)35(2,3)4)41-34(45)40-26-13-11-24(12-14-26)19-25-20-28-17-18-29(21-25)44(28)49(46,47)31-8-6-5-7-30(31)48-36(37,38)39/h5-16,22,25,28-29H,17-21H2,1-4H3,(H2,40,41,45). The maximum atomic E-state index is 13.6. The van der Waals surface area contributed by atoms with Crippen LogP contribution in [0.1, 0.15) is 63.3 Å². The Balaban J connectivity index is 1.09. The maximum absolute atomic E-state index is 13.6. The van der Waals surface area contributed by atoms with Gasteiger partial charge < -0.3 is 10.1 Å². The summed E-state index contributed by atoms with van der Waals surface area (Å²) in [4.78, 5) is 12.6. The lowest BCUT2D eigenvalue weighted by Gasteiger charge is -2.38. The third-order valence-corrected chi connectivity index (χ3v) is 11.2. The number of alkyl halides is 3. The molecule has 2 unspecified atom stereocenters. The number of carbonyl (C=O) groups is 1. The van der Waals surface area contributed by atoms with Gasteiger partial charge in [0.15, 0.2) is 0 Å². The number of benzene rings is 3. The van der Waals surface area contributed by atoms with Gasteiger partial charge in [0.25, 0.3) is 0 Å². The number of aromatic nitrogens is 2. The van der Waals surface area contributed by atoms with E-state index in [1.165, 1.54) is 22.5 Å². The Bertz CT molecular complexity index is 1910. The van der Waals surface area contributed by atoms with Crippen LogP contribution in [0.3, 0.4) is 0 Å². The first-order chi connectivity index (χ1) is 23.1. The molecule has 2 fully saturated rings. The zero-order valence-corrected chi connectivity index (χ0v) is 28.6. The number of rotatable bonds is 8. The molecule has 0 aliphatic carbocycles. The van der Waals surface area contributed by atoms with Crippen molar-refractivity contribution in [1.82, 2.24) is 14.1 Å². The summed E-state index contributed by atoms with van der Waals surface area (Å²) in [6.45, 7) is 8.20. The second-order valence-corrected chi connectivity index (χ2v) is 15.8. The van der Waals surface area contributed by atoms with Crippen molar-refractivity contribution in [3.63, 3.8) is 0 Å². The molecule has 2 aliphatic heterocycles. The van der Waals surface area contributed by atoms with E-state index in [1.54, 1.807) is 4.68 Å². The van der Waals surface area contributed by atoms with E-state index in [-0.39, 0.29) is 23.4 Å². The number of amides is 2. The van der Waals surface area contributed by atoms with E-state index >= 15 is 0 Å². The molecule has 2 bridgehead atoms. The largest absolute Gasteiger partial charge is 0.573 e. The first-order valence-electron chi connectivity index (χ1n) is 16.3. The highest BCUT2D eigenvalue weighted by Gasteiger charge is 2.48. The lowest BCUT2D eigenvalue weighted by atomic mass is 9.87. The minimum absolute atomic E-state index is 0.201. The lowest BCUT2D eigenvalue weighted by molar-refractivity contribution is -0.275. The molecule has 260 valence electrons. The van der Waals surface area contributed by atoms with Gasteiger partial charge in [-0.3, -0.25) is 5.32 Å². The Labute approximate surface area is 284 Å². The first-order valence-corrected chi connectivity index (χ1v) is 17.7. The second-order valence-electron chi connectivity index (χ2n) is 13.9. The zero-order valence-electron chi connectivity index (χ0n) is 27.8. The molecular weight excluding hydrogens is 655 g/mol. The smallest absolute Gasteiger partial charge is 0.404 e. The monoisotopic (exact) mass is 695 g/mol. The number of ether oxygens (including phenoxy) is 1. The number of para-hydroxylation sites is 1. The number of halogens is 3. The summed E-state index contributed by atoms with van der Waals surface area (Å²) in [5.74, 6) is 0.0273. The van der Waals surface area contributed by atoms with Crippen molar-refractivity contribution >= 4 is 27.6 Å². The molecule has 6 rings (SSSR count). The maximum Gasteiger partial charge on any atom is 0.573 e. The van der Waals surface area contributed by atoms with Gasteiger partial charge in [0, 0.05) is 29.3 Å². The van der Waals surface area contributed by atoms with Crippen molar-refractivity contribution in [2.24, 2.45) is 5.92 Å². The lowest BCUT2D eigenvalue weighted by Crippen LogP contribution is -2.46.